The van der Waals surface area contributed by atoms with Gasteiger partial charge in [0.25, 0.3) is 0 Å². The minimum atomic E-state index is -0.795. The molecular formula is C24H28FN3O3S2. The molecule has 33 heavy (non-hydrogen) atoms. The standard InChI is InChI=1S/C24H28FN3O3S2/c1-31-17-6-7-21-19(14-17)18(20(25)15-26-21)4-2-8-28-10-9-27(16-22(28)24(29)30)11-13-33-23-5-3-12-32-23/h3,5-7,12,14-15,22H,2,4,8-11,13,16H2,1H3,(H,29,30)/t22-/m1/s1. The molecule has 6 nitrogen and oxygen atoms in total. The van der Waals surface area contributed by atoms with E-state index in [-0.39, 0.29) is 5.82 Å². The molecule has 176 valence electrons. The van der Waals surface area contributed by atoms with Crippen LogP contribution in [0.4, 0.5) is 4.39 Å². The number of methoxy groups -OCH3 is 1. The van der Waals surface area contributed by atoms with E-state index < -0.39 is 12.0 Å². The van der Waals surface area contributed by atoms with Gasteiger partial charge in [0, 0.05) is 37.3 Å². The number of piperazine rings is 1. The number of thiophene rings is 1. The highest BCUT2D eigenvalue weighted by molar-refractivity contribution is 8.01. The summed E-state index contributed by atoms with van der Waals surface area (Å²) in [6.45, 7) is 3.55. The van der Waals surface area contributed by atoms with Gasteiger partial charge in [0.05, 0.1) is 23.0 Å². The summed E-state index contributed by atoms with van der Waals surface area (Å²) >= 11 is 3.54. The zero-order chi connectivity index (χ0) is 23.2. The fraction of sp³-hybridized carbons (Fsp3) is 0.417. The topological polar surface area (TPSA) is 65.9 Å². The predicted octanol–water partition coefficient (Wildman–Crippen LogP) is 4.24. The first kappa shape index (κ1) is 23.9. The lowest BCUT2D eigenvalue weighted by molar-refractivity contribution is -0.145. The molecule has 0 unspecified atom stereocenters. The number of benzene rings is 1. The van der Waals surface area contributed by atoms with E-state index in [2.05, 4.69) is 21.3 Å². The Morgan fingerprint density at radius 1 is 1.33 bits per heavy atom. The van der Waals surface area contributed by atoms with Crippen LogP contribution in [-0.2, 0) is 11.2 Å². The molecule has 0 bridgehead atoms. The Hall–Kier alpha value is -2.20. The molecule has 0 aliphatic carbocycles. The number of thioether (sulfide) groups is 1. The van der Waals surface area contributed by atoms with E-state index in [0.717, 1.165) is 29.7 Å². The first-order valence-electron chi connectivity index (χ1n) is 11.0. The number of carbonyl (C=O) groups is 1. The summed E-state index contributed by atoms with van der Waals surface area (Å²) < 4.78 is 21.2. The number of aromatic nitrogens is 1. The van der Waals surface area contributed by atoms with Gasteiger partial charge in [-0.05, 0) is 54.6 Å². The second kappa shape index (κ2) is 11.3. The Morgan fingerprint density at radius 3 is 2.97 bits per heavy atom. The molecule has 0 spiro atoms. The molecule has 1 aliphatic heterocycles. The van der Waals surface area contributed by atoms with Crippen LogP contribution in [0.3, 0.4) is 0 Å². The van der Waals surface area contributed by atoms with Crippen LogP contribution in [0.5, 0.6) is 5.75 Å². The number of halogens is 1. The molecule has 0 amide bonds. The zero-order valence-electron chi connectivity index (χ0n) is 18.6. The summed E-state index contributed by atoms with van der Waals surface area (Å²) in [5.41, 5.74) is 1.33. The molecule has 0 saturated carbocycles. The molecular weight excluding hydrogens is 461 g/mol. The molecule has 9 heteroatoms. The van der Waals surface area contributed by atoms with Crippen molar-refractivity contribution >= 4 is 40.0 Å². The van der Waals surface area contributed by atoms with Crippen molar-refractivity contribution in [1.29, 1.82) is 0 Å². The number of fused-ring (bicyclic) bond motifs is 1. The third kappa shape index (κ3) is 6.03. The van der Waals surface area contributed by atoms with Crippen molar-refractivity contribution in [3.63, 3.8) is 0 Å². The van der Waals surface area contributed by atoms with Crippen LogP contribution >= 0.6 is 23.1 Å². The van der Waals surface area contributed by atoms with Gasteiger partial charge in [-0.1, -0.05) is 6.07 Å². The molecule has 1 fully saturated rings. The number of ether oxygens (including phenoxy) is 1. The van der Waals surface area contributed by atoms with Crippen LogP contribution in [0.15, 0.2) is 46.1 Å². The second-order valence-corrected chi connectivity index (χ2v) is 10.4. The average Bonchev–Trinajstić information content (AvgIpc) is 3.34. The lowest BCUT2D eigenvalue weighted by Crippen LogP contribution is -2.56. The smallest absolute Gasteiger partial charge is 0.322 e. The van der Waals surface area contributed by atoms with E-state index in [1.807, 2.05) is 40.9 Å². The molecule has 1 aromatic carbocycles. The number of carboxylic acids is 1. The summed E-state index contributed by atoms with van der Waals surface area (Å²) in [7, 11) is 1.58. The van der Waals surface area contributed by atoms with Crippen molar-refractivity contribution in [1.82, 2.24) is 14.8 Å². The van der Waals surface area contributed by atoms with E-state index in [4.69, 9.17) is 4.74 Å². The molecule has 4 rings (SSSR count). The Kier molecular flexibility index (Phi) is 8.19. The third-order valence-corrected chi connectivity index (χ3v) is 8.12. The minimum Gasteiger partial charge on any atom is -0.497 e. The van der Waals surface area contributed by atoms with Crippen LogP contribution in [-0.4, -0.2) is 77.5 Å². The number of rotatable bonds is 10. The van der Waals surface area contributed by atoms with E-state index in [1.165, 1.54) is 10.4 Å². The van der Waals surface area contributed by atoms with Gasteiger partial charge in [-0.15, -0.1) is 23.1 Å². The number of carboxylic acid groups (broad SMARTS) is 1. The maximum absolute atomic E-state index is 14.6. The molecule has 3 aromatic rings. The quantitative estimate of drug-likeness (QED) is 0.427. The van der Waals surface area contributed by atoms with E-state index in [0.29, 0.717) is 43.8 Å². The van der Waals surface area contributed by atoms with E-state index >= 15 is 0 Å². The fourth-order valence-electron chi connectivity index (χ4n) is 4.25. The van der Waals surface area contributed by atoms with Crippen LogP contribution in [0.25, 0.3) is 10.9 Å². The van der Waals surface area contributed by atoms with Gasteiger partial charge in [-0.2, -0.15) is 0 Å². The Balaban J connectivity index is 1.33. The number of aryl methyl sites for hydroxylation is 1. The van der Waals surface area contributed by atoms with Gasteiger partial charge in [0.1, 0.15) is 17.6 Å². The Bertz CT molecular complexity index is 1080. The second-order valence-electron chi connectivity index (χ2n) is 8.04. The summed E-state index contributed by atoms with van der Waals surface area (Å²) in [4.78, 5) is 20.4. The summed E-state index contributed by atoms with van der Waals surface area (Å²) in [6, 6.07) is 9.07. The lowest BCUT2D eigenvalue weighted by atomic mass is 10.0. The van der Waals surface area contributed by atoms with Crippen LogP contribution in [0.1, 0.15) is 12.0 Å². The zero-order valence-corrected chi connectivity index (χ0v) is 20.2. The predicted molar refractivity (Wildman–Crippen MR) is 131 cm³/mol. The number of pyridine rings is 1. The normalized spacial score (nSPS) is 17.5. The number of nitrogens with zero attached hydrogens (tertiary/aromatic N) is 3. The van der Waals surface area contributed by atoms with E-state index in [1.54, 1.807) is 18.4 Å². The molecule has 1 saturated heterocycles. The fourth-order valence-corrected chi connectivity index (χ4v) is 6.11. The highest BCUT2D eigenvalue weighted by Crippen LogP contribution is 2.26. The SMILES string of the molecule is COc1ccc2ncc(F)c(CCCN3CCN(CCSc4cccs4)C[C@@H]3C(=O)O)c2c1. The highest BCUT2D eigenvalue weighted by Gasteiger charge is 2.31. The van der Waals surface area contributed by atoms with Gasteiger partial charge in [0.15, 0.2) is 0 Å². The monoisotopic (exact) mass is 489 g/mol. The molecule has 1 N–H and O–H groups in total. The third-order valence-electron chi connectivity index (χ3n) is 6.01. The Morgan fingerprint density at radius 2 is 2.21 bits per heavy atom. The molecule has 3 heterocycles. The number of hydrogen-bond donors (Lipinski definition) is 1. The summed E-state index contributed by atoms with van der Waals surface area (Å²) in [5.74, 6) is 0.481. The van der Waals surface area contributed by atoms with Crippen molar-refractivity contribution in [2.45, 2.75) is 23.1 Å². The van der Waals surface area contributed by atoms with Crippen LogP contribution in [0, 0.1) is 5.82 Å². The largest absolute Gasteiger partial charge is 0.497 e. The summed E-state index contributed by atoms with van der Waals surface area (Å²) in [5, 5.41) is 12.6. The van der Waals surface area contributed by atoms with E-state index in [9.17, 15) is 14.3 Å². The maximum atomic E-state index is 14.6. The van der Waals surface area contributed by atoms with Gasteiger partial charge in [-0.25, -0.2) is 4.39 Å². The van der Waals surface area contributed by atoms with Gasteiger partial charge in [-0.3, -0.25) is 19.6 Å². The van der Waals surface area contributed by atoms with Crippen molar-refractivity contribution in [2.75, 3.05) is 45.6 Å². The molecule has 0 radical (unpaired) electrons. The van der Waals surface area contributed by atoms with Crippen LogP contribution < -0.4 is 4.74 Å². The van der Waals surface area contributed by atoms with Gasteiger partial charge in [0.2, 0.25) is 0 Å². The van der Waals surface area contributed by atoms with Crippen molar-refractivity contribution in [2.24, 2.45) is 0 Å². The van der Waals surface area contributed by atoms with Crippen LogP contribution in [0.2, 0.25) is 0 Å². The number of hydrogen-bond acceptors (Lipinski definition) is 7. The molecule has 1 atom stereocenters. The average molecular weight is 490 g/mol. The summed E-state index contributed by atoms with van der Waals surface area (Å²) in [6.07, 6.45) is 2.45. The van der Waals surface area contributed by atoms with Crippen molar-refractivity contribution < 1.29 is 19.0 Å². The lowest BCUT2D eigenvalue weighted by Gasteiger charge is -2.39. The maximum Gasteiger partial charge on any atom is 0.322 e. The van der Waals surface area contributed by atoms with Gasteiger partial charge >= 0.3 is 5.97 Å². The van der Waals surface area contributed by atoms with Gasteiger partial charge < -0.3 is 9.84 Å². The minimum absolute atomic E-state index is 0.335. The molecule has 2 aromatic heterocycles. The number of aliphatic carboxylic acids is 1. The molecule has 1 aliphatic rings. The van der Waals surface area contributed by atoms with Crippen molar-refractivity contribution in [3.05, 3.63) is 53.3 Å². The first-order chi connectivity index (χ1) is 16.0. The highest BCUT2D eigenvalue weighted by atomic mass is 32.2. The first-order valence-corrected chi connectivity index (χ1v) is 12.9. The Labute approximate surface area is 201 Å². The van der Waals surface area contributed by atoms with Crippen molar-refractivity contribution in [3.8, 4) is 5.75 Å².